The topological polar surface area (TPSA) is 324 Å². The maximum atomic E-state index is 13.8. The number of ketones is 1. The van der Waals surface area contributed by atoms with E-state index in [1.165, 1.54) is 19.9 Å². The third-order valence-electron chi connectivity index (χ3n) is 9.68. The fourth-order valence-corrected chi connectivity index (χ4v) is 6.58. The average molecular weight is 759 g/mol. The molecule has 3 fully saturated rings. The van der Waals surface area contributed by atoms with Crippen LogP contribution in [0.3, 0.4) is 0 Å². The average Bonchev–Trinajstić information content (AvgIpc) is 3.11. The lowest BCUT2D eigenvalue weighted by atomic mass is 9.92. The van der Waals surface area contributed by atoms with Crippen LogP contribution in [0.25, 0.3) is 0 Å². The van der Waals surface area contributed by atoms with Crippen LogP contribution < -0.4 is 4.74 Å². The fraction of sp³-hybridized carbons (Fsp3) is 0.606. The summed E-state index contributed by atoms with van der Waals surface area (Å²) in [5.74, 6) is -3.44. The highest BCUT2D eigenvalue weighted by Gasteiger charge is 2.52. The molecule has 12 N–H and O–H groups in total. The van der Waals surface area contributed by atoms with Gasteiger partial charge in [0.25, 0.3) is 0 Å². The number of phenols is 4. The van der Waals surface area contributed by atoms with Crippen molar-refractivity contribution in [2.75, 3.05) is 6.61 Å². The van der Waals surface area contributed by atoms with Crippen molar-refractivity contribution in [3.63, 3.8) is 0 Å². The molecule has 20 nitrogen and oxygen atoms in total. The van der Waals surface area contributed by atoms with Crippen LogP contribution in [-0.2, 0) is 28.4 Å². The predicted octanol–water partition coefficient (Wildman–Crippen LogP) is -3.29. The Balaban J connectivity index is 1.19. The SMILES string of the molecule is C[C@@H]1O[C@@H](O[C@@H]2[C@@H](O)[C@H](C)O[C@@H](OCC3OC(OC4C(=O)c5c(O)cc(O)cc5OC4c4ccc(O)c(O)c4)C(O)C(O)C3O)[C@@H]2O)[C@H](O)[C@H](O)[C@H]1O. The fourth-order valence-electron chi connectivity index (χ4n) is 6.58. The first-order valence-electron chi connectivity index (χ1n) is 16.6. The number of aliphatic hydroxyl groups excluding tert-OH is 8. The number of aliphatic hydroxyl groups is 8. The minimum atomic E-state index is -2.00. The maximum absolute atomic E-state index is 13.8. The molecule has 0 spiro atoms. The molecule has 294 valence electrons. The summed E-state index contributed by atoms with van der Waals surface area (Å²) in [5, 5.41) is 125. The van der Waals surface area contributed by atoms with E-state index in [2.05, 4.69) is 0 Å². The zero-order valence-corrected chi connectivity index (χ0v) is 28.0. The van der Waals surface area contributed by atoms with Crippen molar-refractivity contribution in [3.8, 4) is 28.7 Å². The van der Waals surface area contributed by atoms with Gasteiger partial charge in [0.2, 0.25) is 5.78 Å². The number of phenolic OH excluding ortho intramolecular Hbond substituents is 4. The van der Waals surface area contributed by atoms with Gasteiger partial charge in [-0.05, 0) is 31.5 Å². The number of rotatable bonds is 8. The molecule has 20 heteroatoms. The summed E-state index contributed by atoms with van der Waals surface area (Å²) in [6.07, 6.45) is -27.5. The Morgan fingerprint density at radius 1 is 0.623 bits per heavy atom. The Hall–Kier alpha value is -3.45. The molecule has 7 unspecified atom stereocenters. The molecule has 4 heterocycles. The molecular weight excluding hydrogens is 716 g/mol. The third kappa shape index (κ3) is 7.49. The molecule has 6 rings (SSSR count). The third-order valence-corrected chi connectivity index (χ3v) is 9.68. The second-order valence-electron chi connectivity index (χ2n) is 13.4. The Morgan fingerprint density at radius 2 is 1.25 bits per heavy atom. The number of carbonyl (C=O) groups is 1. The standard InChI is InChI=1S/C33H42O20/c1-9-19(38)23(42)25(44)32(49-9)52-29-20(39)10(2)48-31(27(29)46)47-8-17-21(40)24(43)26(45)33(51-17)53-30-22(41)18-15(37)6-12(34)7-16(18)50-28(30)11-3-4-13(35)14(36)5-11/h3-7,9-10,17,19-21,23-40,42-46H,8H2,1-2H3/t9-,10-,17?,19-,20-,21?,23+,24?,25+,26?,27+,28?,29+,30?,31+,32-,33?/m0/s1. The van der Waals surface area contributed by atoms with Gasteiger partial charge in [-0.2, -0.15) is 0 Å². The number of ether oxygens (including phenoxy) is 7. The lowest BCUT2D eigenvalue weighted by molar-refractivity contribution is -0.361. The number of hydrogen-bond donors (Lipinski definition) is 12. The molecule has 4 aliphatic rings. The smallest absolute Gasteiger partial charge is 0.203 e. The van der Waals surface area contributed by atoms with Gasteiger partial charge < -0.3 is 94.4 Å². The maximum Gasteiger partial charge on any atom is 0.203 e. The molecule has 3 saturated heterocycles. The zero-order valence-electron chi connectivity index (χ0n) is 28.0. The number of hydrogen-bond acceptors (Lipinski definition) is 20. The summed E-state index contributed by atoms with van der Waals surface area (Å²) >= 11 is 0. The van der Waals surface area contributed by atoms with E-state index in [0.717, 1.165) is 24.3 Å². The summed E-state index contributed by atoms with van der Waals surface area (Å²) in [6, 6.07) is 5.36. The second-order valence-corrected chi connectivity index (χ2v) is 13.4. The first kappa shape index (κ1) is 39.2. The minimum absolute atomic E-state index is 0.0562. The van der Waals surface area contributed by atoms with Gasteiger partial charge in [-0.25, -0.2) is 0 Å². The Bertz CT molecular complexity index is 1630. The highest BCUT2D eigenvalue weighted by Crippen LogP contribution is 2.44. The monoisotopic (exact) mass is 758 g/mol. The summed E-state index contributed by atoms with van der Waals surface area (Å²) in [4.78, 5) is 13.8. The largest absolute Gasteiger partial charge is 0.508 e. The molecule has 17 atom stereocenters. The van der Waals surface area contributed by atoms with Crippen molar-refractivity contribution in [2.45, 2.75) is 118 Å². The molecule has 4 aliphatic heterocycles. The molecule has 0 saturated carbocycles. The normalized spacial score (nSPS) is 41.8. The zero-order chi connectivity index (χ0) is 38.6. The van der Waals surface area contributed by atoms with Gasteiger partial charge in [-0.3, -0.25) is 4.79 Å². The van der Waals surface area contributed by atoms with Crippen LogP contribution in [0, 0.1) is 0 Å². The highest BCUT2D eigenvalue weighted by atomic mass is 16.7. The second kappa shape index (κ2) is 15.4. The van der Waals surface area contributed by atoms with Crippen LogP contribution in [0.5, 0.6) is 28.7 Å². The van der Waals surface area contributed by atoms with Gasteiger partial charge in [0.1, 0.15) is 83.9 Å². The number of carbonyl (C=O) groups excluding carboxylic acids is 1. The summed E-state index contributed by atoms with van der Waals surface area (Å²) < 4.78 is 39.8. The van der Waals surface area contributed by atoms with E-state index in [4.69, 9.17) is 33.2 Å². The molecule has 0 aromatic heterocycles. The molecule has 0 radical (unpaired) electrons. The first-order chi connectivity index (χ1) is 25.0. The van der Waals surface area contributed by atoms with Crippen LogP contribution >= 0.6 is 0 Å². The van der Waals surface area contributed by atoms with E-state index >= 15 is 0 Å². The first-order valence-corrected chi connectivity index (χ1v) is 16.6. The number of benzene rings is 2. The van der Waals surface area contributed by atoms with Crippen LogP contribution in [0.4, 0.5) is 0 Å². The van der Waals surface area contributed by atoms with E-state index in [0.29, 0.717) is 0 Å². The lowest BCUT2D eigenvalue weighted by Gasteiger charge is -2.46. The van der Waals surface area contributed by atoms with E-state index < -0.39 is 145 Å². The number of aromatic hydroxyl groups is 4. The van der Waals surface area contributed by atoms with Crippen molar-refractivity contribution in [1.29, 1.82) is 0 Å². The van der Waals surface area contributed by atoms with Crippen molar-refractivity contribution < 1.29 is 99.2 Å². The van der Waals surface area contributed by atoms with Crippen molar-refractivity contribution in [1.82, 2.24) is 0 Å². The van der Waals surface area contributed by atoms with Crippen LogP contribution in [0.1, 0.15) is 35.9 Å². The lowest BCUT2D eigenvalue weighted by Crippen LogP contribution is -2.64. The van der Waals surface area contributed by atoms with E-state index in [1.807, 2.05) is 0 Å². The Labute approximate surface area is 300 Å². The number of Topliss-reactive ketones (excluding diaryl/α,β-unsaturated/α-hetero) is 1. The van der Waals surface area contributed by atoms with Crippen molar-refractivity contribution in [2.24, 2.45) is 0 Å². The van der Waals surface area contributed by atoms with Crippen molar-refractivity contribution >= 4 is 5.78 Å². The van der Waals surface area contributed by atoms with Crippen LogP contribution in [0.15, 0.2) is 30.3 Å². The summed E-state index contributed by atoms with van der Waals surface area (Å²) in [6.45, 7) is 2.13. The molecule has 0 bridgehead atoms. The van der Waals surface area contributed by atoms with Gasteiger partial charge in [0.15, 0.2) is 42.6 Å². The van der Waals surface area contributed by atoms with Gasteiger partial charge in [-0.15, -0.1) is 0 Å². The molecule has 0 amide bonds. The van der Waals surface area contributed by atoms with Crippen LogP contribution in [-0.4, -0.2) is 172 Å². The van der Waals surface area contributed by atoms with E-state index in [1.54, 1.807) is 0 Å². The molecule has 2 aromatic rings. The minimum Gasteiger partial charge on any atom is -0.508 e. The summed E-state index contributed by atoms with van der Waals surface area (Å²) in [5.41, 5.74) is -0.360. The van der Waals surface area contributed by atoms with Gasteiger partial charge >= 0.3 is 0 Å². The van der Waals surface area contributed by atoms with Crippen molar-refractivity contribution in [3.05, 3.63) is 41.5 Å². The van der Waals surface area contributed by atoms with Gasteiger partial charge in [-0.1, -0.05) is 6.07 Å². The quantitative estimate of drug-likeness (QED) is 0.117. The summed E-state index contributed by atoms with van der Waals surface area (Å²) in [7, 11) is 0. The molecule has 2 aromatic carbocycles. The molecule has 0 aliphatic carbocycles. The van der Waals surface area contributed by atoms with Crippen LogP contribution in [0.2, 0.25) is 0 Å². The van der Waals surface area contributed by atoms with E-state index in [-0.39, 0.29) is 11.3 Å². The van der Waals surface area contributed by atoms with Gasteiger partial charge in [0, 0.05) is 12.1 Å². The number of fused-ring (bicyclic) bond motifs is 1. The highest BCUT2D eigenvalue weighted by molar-refractivity contribution is 6.05. The molecular formula is C33H42O20. The predicted molar refractivity (Wildman–Crippen MR) is 168 cm³/mol. The Kier molecular flexibility index (Phi) is 11.4. The van der Waals surface area contributed by atoms with Gasteiger partial charge in [0.05, 0.1) is 18.8 Å². The Morgan fingerprint density at radius 3 is 1.92 bits per heavy atom. The molecule has 53 heavy (non-hydrogen) atoms. The van der Waals surface area contributed by atoms with E-state index in [9.17, 15) is 66.1 Å².